The van der Waals surface area contributed by atoms with Gasteiger partial charge in [-0.05, 0) is 51.0 Å². The molecular formula is C18H19N3O2. The molecule has 0 atom stereocenters. The van der Waals surface area contributed by atoms with Gasteiger partial charge in [-0.25, -0.2) is 14.8 Å². The van der Waals surface area contributed by atoms with Crippen LogP contribution in [0.4, 0.5) is 0 Å². The Morgan fingerprint density at radius 1 is 1.22 bits per heavy atom. The second kappa shape index (κ2) is 5.95. The van der Waals surface area contributed by atoms with Gasteiger partial charge in [-0.2, -0.15) is 0 Å². The van der Waals surface area contributed by atoms with Crippen LogP contribution in [0.1, 0.15) is 32.9 Å². The first-order chi connectivity index (χ1) is 11.0. The summed E-state index contributed by atoms with van der Waals surface area (Å²) in [6, 6.07) is 7.73. The second-order valence-corrected chi connectivity index (χ2v) is 6.46. The third-order valence-electron chi connectivity index (χ3n) is 3.43. The SMILES string of the molecule is CC(C)(C)ON1CCC(c2cnc3ccccc3n2)=CC1=C=O. The Morgan fingerprint density at radius 3 is 2.65 bits per heavy atom. The molecule has 1 aromatic heterocycles. The first kappa shape index (κ1) is 15.4. The zero-order chi connectivity index (χ0) is 16.4. The largest absolute Gasteiger partial charge is 0.267 e. The quantitative estimate of drug-likeness (QED) is 0.798. The van der Waals surface area contributed by atoms with Gasteiger partial charge in [0.1, 0.15) is 5.70 Å². The normalized spacial score (nSPS) is 15.5. The summed E-state index contributed by atoms with van der Waals surface area (Å²) in [5.74, 6) is 1.96. The van der Waals surface area contributed by atoms with Crippen LogP contribution >= 0.6 is 0 Å². The van der Waals surface area contributed by atoms with Crippen LogP contribution in [-0.4, -0.2) is 33.1 Å². The molecule has 0 unspecified atom stereocenters. The van der Waals surface area contributed by atoms with Crippen LogP contribution in [-0.2, 0) is 9.63 Å². The maximum Gasteiger partial charge on any atom is 0.152 e. The van der Waals surface area contributed by atoms with Gasteiger partial charge in [0, 0.05) is 0 Å². The Balaban J connectivity index is 1.92. The molecule has 1 aromatic carbocycles. The van der Waals surface area contributed by atoms with Gasteiger partial charge < -0.3 is 0 Å². The van der Waals surface area contributed by atoms with Crippen molar-refractivity contribution < 1.29 is 9.63 Å². The van der Waals surface area contributed by atoms with E-state index in [4.69, 9.17) is 4.84 Å². The van der Waals surface area contributed by atoms with Crippen molar-refractivity contribution >= 4 is 22.5 Å². The number of nitrogens with zero attached hydrogens (tertiary/aromatic N) is 3. The summed E-state index contributed by atoms with van der Waals surface area (Å²) >= 11 is 0. The Kier molecular flexibility index (Phi) is 3.99. The molecule has 3 rings (SSSR count). The van der Waals surface area contributed by atoms with Crippen molar-refractivity contribution in [3.8, 4) is 0 Å². The summed E-state index contributed by atoms with van der Waals surface area (Å²) < 4.78 is 0. The minimum absolute atomic E-state index is 0.365. The molecular weight excluding hydrogens is 290 g/mol. The molecule has 0 amide bonds. The van der Waals surface area contributed by atoms with Crippen LogP contribution in [0, 0.1) is 0 Å². The fourth-order valence-corrected chi connectivity index (χ4v) is 2.47. The van der Waals surface area contributed by atoms with Gasteiger partial charge in [0.05, 0.1) is 35.1 Å². The van der Waals surface area contributed by atoms with E-state index in [1.807, 2.05) is 51.0 Å². The van der Waals surface area contributed by atoms with E-state index in [-0.39, 0.29) is 5.60 Å². The van der Waals surface area contributed by atoms with Crippen molar-refractivity contribution in [1.29, 1.82) is 0 Å². The first-order valence-corrected chi connectivity index (χ1v) is 7.61. The van der Waals surface area contributed by atoms with Crippen molar-refractivity contribution in [2.24, 2.45) is 0 Å². The topological polar surface area (TPSA) is 55.3 Å². The number of rotatable bonds is 2. The van der Waals surface area contributed by atoms with E-state index in [2.05, 4.69) is 9.97 Å². The molecule has 0 spiro atoms. The van der Waals surface area contributed by atoms with E-state index in [0.717, 1.165) is 28.7 Å². The Labute approximate surface area is 135 Å². The number of allylic oxidation sites excluding steroid dienone is 1. The van der Waals surface area contributed by atoms with Crippen LogP contribution in [0.15, 0.2) is 42.2 Å². The molecule has 2 heterocycles. The summed E-state index contributed by atoms with van der Waals surface area (Å²) in [5, 5.41) is 1.60. The molecule has 118 valence electrons. The van der Waals surface area contributed by atoms with Crippen LogP contribution < -0.4 is 0 Å². The molecule has 0 aliphatic carbocycles. The van der Waals surface area contributed by atoms with E-state index in [1.165, 1.54) is 0 Å². The number of hydrogen-bond acceptors (Lipinski definition) is 5. The predicted molar refractivity (Wildman–Crippen MR) is 88.9 cm³/mol. The predicted octanol–water partition coefficient (Wildman–Crippen LogP) is 3.16. The van der Waals surface area contributed by atoms with Gasteiger partial charge in [-0.1, -0.05) is 12.1 Å². The molecule has 5 heteroatoms. The summed E-state index contributed by atoms with van der Waals surface area (Å²) in [4.78, 5) is 26.1. The molecule has 5 nitrogen and oxygen atoms in total. The lowest BCUT2D eigenvalue weighted by Gasteiger charge is -2.33. The summed E-state index contributed by atoms with van der Waals surface area (Å²) in [7, 11) is 0. The number of hydroxylamine groups is 2. The first-order valence-electron chi connectivity index (χ1n) is 7.61. The van der Waals surface area contributed by atoms with E-state index >= 15 is 0 Å². The molecule has 0 bridgehead atoms. The average molecular weight is 309 g/mol. The lowest BCUT2D eigenvalue weighted by atomic mass is 10.0. The van der Waals surface area contributed by atoms with Gasteiger partial charge in [-0.3, -0.25) is 9.82 Å². The van der Waals surface area contributed by atoms with E-state index in [1.54, 1.807) is 17.3 Å². The molecule has 1 aliphatic rings. The fraction of sp³-hybridized carbons (Fsp3) is 0.333. The third-order valence-corrected chi connectivity index (χ3v) is 3.43. The lowest BCUT2D eigenvalue weighted by molar-refractivity contribution is -0.203. The van der Waals surface area contributed by atoms with Gasteiger partial charge in [0.25, 0.3) is 0 Å². The number of benzene rings is 1. The van der Waals surface area contributed by atoms with Gasteiger partial charge in [0.2, 0.25) is 0 Å². The van der Waals surface area contributed by atoms with Crippen molar-refractivity contribution in [2.45, 2.75) is 32.8 Å². The Bertz CT molecular complexity index is 814. The highest BCUT2D eigenvalue weighted by molar-refractivity contribution is 5.78. The number of para-hydroxylation sites is 2. The molecule has 1 aliphatic heterocycles. The number of fused-ring (bicyclic) bond motifs is 1. The number of carbonyl (C=O) groups excluding carboxylic acids is 1. The third kappa shape index (κ3) is 3.47. The van der Waals surface area contributed by atoms with Gasteiger partial charge in [0.15, 0.2) is 5.94 Å². The van der Waals surface area contributed by atoms with Crippen LogP contribution in [0.5, 0.6) is 0 Å². The second-order valence-electron chi connectivity index (χ2n) is 6.46. The molecule has 0 saturated heterocycles. The van der Waals surface area contributed by atoms with E-state index in [0.29, 0.717) is 12.2 Å². The van der Waals surface area contributed by atoms with Crippen LogP contribution in [0.2, 0.25) is 0 Å². The van der Waals surface area contributed by atoms with Crippen molar-refractivity contribution in [1.82, 2.24) is 15.0 Å². The maximum absolute atomic E-state index is 11.3. The van der Waals surface area contributed by atoms with Crippen molar-refractivity contribution in [2.75, 3.05) is 6.54 Å². The molecule has 0 fully saturated rings. The van der Waals surface area contributed by atoms with Crippen molar-refractivity contribution in [3.63, 3.8) is 0 Å². The van der Waals surface area contributed by atoms with Crippen molar-refractivity contribution in [3.05, 3.63) is 47.9 Å². The Morgan fingerprint density at radius 2 is 1.96 bits per heavy atom. The zero-order valence-corrected chi connectivity index (χ0v) is 13.5. The number of hydrogen-bond donors (Lipinski definition) is 0. The zero-order valence-electron chi connectivity index (χ0n) is 13.5. The minimum Gasteiger partial charge on any atom is -0.267 e. The smallest absolute Gasteiger partial charge is 0.152 e. The van der Waals surface area contributed by atoms with Gasteiger partial charge in [-0.15, -0.1) is 0 Å². The minimum atomic E-state index is -0.365. The summed E-state index contributed by atoms with van der Waals surface area (Å²) in [5.41, 5.74) is 3.47. The highest BCUT2D eigenvalue weighted by Crippen LogP contribution is 2.27. The van der Waals surface area contributed by atoms with Gasteiger partial charge >= 0.3 is 0 Å². The van der Waals surface area contributed by atoms with Crippen LogP contribution in [0.25, 0.3) is 16.6 Å². The molecule has 0 N–H and O–H groups in total. The average Bonchev–Trinajstić information content (AvgIpc) is 2.53. The molecule has 2 aromatic rings. The fourth-order valence-electron chi connectivity index (χ4n) is 2.47. The lowest BCUT2D eigenvalue weighted by Crippen LogP contribution is -2.35. The van der Waals surface area contributed by atoms with E-state index in [9.17, 15) is 4.79 Å². The van der Waals surface area contributed by atoms with E-state index < -0.39 is 0 Å². The summed E-state index contributed by atoms with van der Waals surface area (Å²) in [6.45, 7) is 6.43. The summed E-state index contributed by atoms with van der Waals surface area (Å²) in [6.07, 6.45) is 4.26. The number of aromatic nitrogens is 2. The van der Waals surface area contributed by atoms with Crippen LogP contribution in [0.3, 0.4) is 0 Å². The molecule has 23 heavy (non-hydrogen) atoms. The highest BCUT2D eigenvalue weighted by atomic mass is 16.7. The molecule has 0 saturated carbocycles. The maximum atomic E-state index is 11.3. The standard InChI is InChI=1S/C18H19N3O2/c1-18(2,3)23-21-9-8-13(10-14(21)12-22)17-11-19-15-6-4-5-7-16(15)20-17/h4-7,10-11H,8-9H2,1-3H3. The molecule has 0 radical (unpaired) electrons. The Hall–Kier alpha value is -2.49. The highest BCUT2D eigenvalue weighted by Gasteiger charge is 2.24. The monoisotopic (exact) mass is 309 g/mol.